The topological polar surface area (TPSA) is 58.4 Å². The molecule has 6 heteroatoms. The van der Waals surface area contributed by atoms with Gasteiger partial charge in [0, 0.05) is 38.3 Å². The van der Waals surface area contributed by atoms with Crippen molar-refractivity contribution in [3.8, 4) is 0 Å². The van der Waals surface area contributed by atoms with E-state index in [1.807, 2.05) is 11.8 Å². The molecule has 0 radical (unpaired) electrons. The standard InChI is InChI=1S/C19H30N4O2/c1-14(2)17-12-22(10-4-9-21(17)11-16-6-7-16)19(25)13-23-18(24)8-5-15(3)20-23/h5,8,14,16-17H,4,6-7,9-13H2,1-3H3/t17-/m1/s1. The Balaban J connectivity index is 1.69. The van der Waals surface area contributed by atoms with Crippen LogP contribution in [0.15, 0.2) is 16.9 Å². The third-order valence-electron chi connectivity index (χ3n) is 5.35. The van der Waals surface area contributed by atoms with Gasteiger partial charge in [-0.25, -0.2) is 4.68 Å². The quantitative estimate of drug-likeness (QED) is 0.811. The summed E-state index contributed by atoms with van der Waals surface area (Å²) >= 11 is 0. The fourth-order valence-electron chi connectivity index (χ4n) is 3.67. The number of carbonyl (C=O) groups is 1. The summed E-state index contributed by atoms with van der Waals surface area (Å²) in [5.74, 6) is 1.37. The lowest BCUT2D eigenvalue weighted by atomic mass is 10.0. The SMILES string of the molecule is Cc1ccc(=O)n(CC(=O)N2CCCN(CC3CC3)[C@@H](C(C)C)C2)n1. The molecule has 1 aromatic rings. The number of amides is 1. The summed E-state index contributed by atoms with van der Waals surface area (Å²) in [6.07, 6.45) is 3.70. The first kappa shape index (κ1) is 18.1. The van der Waals surface area contributed by atoms with Gasteiger partial charge in [-0.1, -0.05) is 13.8 Å². The number of hydrogen-bond acceptors (Lipinski definition) is 4. The predicted molar refractivity (Wildman–Crippen MR) is 97.4 cm³/mol. The van der Waals surface area contributed by atoms with Gasteiger partial charge in [0.25, 0.3) is 5.56 Å². The van der Waals surface area contributed by atoms with Crippen LogP contribution in [0.5, 0.6) is 0 Å². The van der Waals surface area contributed by atoms with Gasteiger partial charge >= 0.3 is 0 Å². The van der Waals surface area contributed by atoms with E-state index < -0.39 is 0 Å². The van der Waals surface area contributed by atoms with Gasteiger partial charge in [0.1, 0.15) is 6.54 Å². The number of aryl methyl sites for hydroxylation is 1. The monoisotopic (exact) mass is 346 g/mol. The van der Waals surface area contributed by atoms with E-state index in [1.165, 1.54) is 30.1 Å². The molecule has 1 aliphatic heterocycles. The largest absolute Gasteiger partial charge is 0.339 e. The molecule has 0 aromatic carbocycles. The number of aromatic nitrogens is 2. The molecule has 0 N–H and O–H groups in total. The van der Waals surface area contributed by atoms with E-state index in [4.69, 9.17) is 0 Å². The summed E-state index contributed by atoms with van der Waals surface area (Å²) in [7, 11) is 0. The number of rotatable bonds is 5. The second-order valence-corrected chi connectivity index (χ2v) is 7.91. The second kappa shape index (κ2) is 7.68. The molecular formula is C19H30N4O2. The van der Waals surface area contributed by atoms with Crippen LogP contribution in [0.4, 0.5) is 0 Å². The zero-order valence-corrected chi connectivity index (χ0v) is 15.6. The van der Waals surface area contributed by atoms with Gasteiger partial charge in [-0.3, -0.25) is 14.5 Å². The van der Waals surface area contributed by atoms with Gasteiger partial charge in [-0.15, -0.1) is 0 Å². The van der Waals surface area contributed by atoms with E-state index in [0.29, 0.717) is 12.0 Å². The van der Waals surface area contributed by atoms with E-state index >= 15 is 0 Å². The molecule has 1 aliphatic carbocycles. The van der Waals surface area contributed by atoms with E-state index in [2.05, 4.69) is 23.8 Å². The van der Waals surface area contributed by atoms with Gasteiger partial charge < -0.3 is 4.90 Å². The summed E-state index contributed by atoms with van der Waals surface area (Å²) in [4.78, 5) is 29.3. The average Bonchev–Trinajstić information content (AvgIpc) is 3.38. The summed E-state index contributed by atoms with van der Waals surface area (Å²) < 4.78 is 1.29. The van der Waals surface area contributed by atoms with Crippen LogP contribution in [-0.2, 0) is 11.3 Å². The van der Waals surface area contributed by atoms with Crippen molar-refractivity contribution in [2.75, 3.05) is 26.2 Å². The molecule has 2 aliphatic rings. The highest BCUT2D eigenvalue weighted by Gasteiger charge is 2.33. The molecule has 0 unspecified atom stereocenters. The molecular weight excluding hydrogens is 316 g/mol. The summed E-state index contributed by atoms with van der Waals surface area (Å²) in [5.41, 5.74) is 0.531. The van der Waals surface area contributed by atoms with Crippen LogP contribution in [0.1, 0.15) is 38.8 Å². The Bertz CT molecular complexity index is 666. The van der Waals surface area contributed by atoms with Crippen molar-refractivity contribution in [2.24, 2.45) is 11.8 Å². The van der Waals surface area contributed by atoms with Crippen molar-refractivity contribution in [1.82, 2.24) is 19.6 Å². The minimum absolute atomic E-state index is 0.000813. The summed E-state index contributed by atoms with van der Waals surface area (Å²) in [6.45, 7) is 10.1. The van der Waals surface area contributed by atoms with Crippen molar-refractivity contribution in [2.45, 2.75) is 52.6 Å². The maximum absolute atomic E-state index is 12.8. The smallest absolute Gasteiger partial charge is 0.267 e. The minimum atomic E-state index is -0.218. The van der Waals surface area contributed by atoms with Gasteiger partial charge in [0.15, 0.2) is 0 Å². The van der Waals surface area contributed by atoms with Crippen LogP contribution in [0.3, 0.4) is 0 Å². The Kier molecular flexibility index (Phi) is 5.57. The first-order valence-electron chi connectivity index (χ1n) is 9.50. The van der Waals surface area contributed by atoms with Gasteiger partial charge in [-0.05, 0) is 44.1 Å². The van der Waals surface area contributed by atoms with Crippen LogP contribution >= 0.6 is 0 Å². The first-order valence-corrected chi connectivity index (χ1v) is 9.50. The van der Waals surface area contributed by atoms with Crippen molar-refractivity contribution in [1.29, 1.82) is 0 Å². The molecule has 1 saturated carbocycles. The maximum atomic E-state index is 12.8. The lowest BCUT2D eigenvalue weighted by Crippen LogP contribution is -2.47. The summed E-state index contributed by atoms with van der Waals surface area (Å²) in [6, 6.07) is 3.56. The second-order valence-electron chi connectivity index (χ2n) is 7.91. The maximum Gasteiger partial charge on any atom is 0.267 e. The van der Waals surface area contributed by atoms with Crippen molar-refractivity contribution in [3.05, 3.63) is 28.2 Å². The fraction of sp³-hybridized carbons (Fsp3) is 0.737. The Morgan fingerprint density at radius 3 is 2.72 bits per heavy atom. The van der Waals surface area contributed by atoms with Crippen LogP contribution in [0.2, 0.25) is 0 Å². The number of nitrogens with zero attached hydrogens (tertiary/aromatic N) is 4. The Labute approximate surface area is 149 Å². The molecule has 25 heavy (non-hydrogen) atoms. The lowest BCUT2D eigenvalue weighted by molar-refractivity contribution is -0.132. The zero-order chi connectivity index (χ0) is 18.0. The Morgan fingerprint density at radius 2 is 2.04 bits per heavy atom. The molecule has 2 fully saturated rings. The molecule has 1 atom stereocenters. The van der Waals surface area contributed by atoms with Crippen molar-refractivity contribution < 1.29 is 4.79 Å². The number of hydrogen-bond donors (Lipinski definition) is 0. The highest BCUT2D eigenvalue weighted by atomic mass is 16.2. The van der Waals surface area contributed by atoms with Gasteiger partial charge in [0.05, 0.1) is 5.69 Å². The average molecular weight is 346 g/mol. The predicted octanol–water partition coefficient (Wildman–Crippen LogP) is 1.52. The minimum Gasteiger partial charge on any atom is -0.339 e. The van der Waals surface area contributed by atoms with Crippen molar-refractivity contribution in [3.63, 3.8) is 0 Å². The molecule has 3 rings (SSSR count). The first-order chi connectivity index (χ1) is 11.9. The molecule has 0 spiro atoms. The summed E-state index contributed by atoms with van der Waals surface area (Å²) in [5, 5.41) is 4.19. The highest BCUT2D eigenvalue weighted by Crippen LogP contribution is 2.31. The number of carbonyl (C=O) groups excluding carboxylic acids is 1. The van der Waals surface area contributed by atoms with E-state index in [1.54, 1.807) is 6.07 Å². The third-order valence-corrected chi connectivity index (χ3v) is 5.35. The molecule has 1 amide bonds. The molecule has 6 nitrogen and oxygen atoms in total. The van der Waals surface area contributed by atoms with Crippen molar-refractivity contribution >= 4 is 5.91 Å². The van der Waals surface area contributed by atoms with Crippen LogP contribution in [0, 0.1) is 18.8 Å². The molecule has 2 heterocycles. The fourth-order valence-corrected chi connectivity index (χ4v) is 3.67. The molecule has 1 aromatic heterocycles. The zero-order valence-electron chi connectivity index (χ0n) is 15.6. The van der Waals surface area contributed by atoms with Crippen LogP contribution < -0.4 is 5.56 Å². The lowest BCUT2D eigenvalue weighted by Gasteiger charge is -2.34. The van der Waals surface area contributed by atoms with Gasteiger partial charge in [0.2, 0.25) is 5.91 Å². The van der Waals surface area contributed by atoms with Crippen LogP contribution in [0.25, 0.3) is 0 Å². The van der Waals surface area contributed by atoms with E-state index in [-0.39, 0.29) is 18.0 Å². The Hall–Kier alpha value is -1.69. The molecule has 1 saturated heterocycles. The normalized spacial score (nSPS) is 22.2. The van der Waals surface area contributed by atoms with E-state index in [0.717, 1.165) is 37.7 Å². The molecule has 0 bridgehead atoms. The highest BCUT2D eigenvalue weighted by molar-refractivity contribution is 5.76. The Morgan fingerprint density at radius 1 is 1.28 bits per heavy atom. The van der Waals surface area contributed by atoms with Gasteiger partial charge in [-0.2, -0.15) is 5.10 Å². The molecule has 138 valence electrons. The third kappa shape index (κ3) is 4.69. The van der Waals surface area contributed by atoms with Crippen LogP contribution in [-0.4, -0.2) is 57.7 Å². The van der Waals surface area contributed by atoms with E-state index in [9.17, 15) is 9.59 Å².